The second-order valence-electron chi connectivity index (χ2n) is 5.55. The first-order valence-electron chi connectivity index (χ1n) is 7.58. The molecule has 2 rings (SSSR count). The van der Waals surface area contributed by atoms with Gasteiger partial charge in [-0.05, 0) is 36.2 Å². The van der Waals surface area contributed by atoms with E-state index >= 15 is 0 Å². The highest BCUT2D eigenvalue weighted by atomic mass is 32.2. The molecule has 0 heterocycles. The Morgan fingerprint density at radius 1 is 1.08 bits per heavy atom. The molecule has 2 N–H and O–H groups in total. The van der Waals surface area contributed by atoms with Crippen molar-refractivity contribution in [2.24, 2.45) is 0 Å². The number of carbonyl (C=O) groups excluding carboxylic acids is 1. The summed E-state index contributed by atoms with van der Waals surface area (Å²) >= 11 is 0. The van der Waals surface area contributed by atoms with Crippen LogP contribution < -0.4 is 10.0 Å². The molecule has 0 saturated heterocycles. The SMILES string of the molecule is Cc1ccccc1CNC(=O)CNS(=O)(=O)c1cccc(C(F)(F)F)c1. The molecule has 140 valence electrons. The van der Waals surface area contributed by atoms with E-state index in [1.54, 1.807) is 0 Å². The summed E-state index contributed by atoms with van der Waals surface area (Å²) in [5.74, 6) is -0.594. The first-order chi connectivity index (χ1) is 12.1. The predicted octanol–water partition coefficient (Wildman–Crippen LogP) is 2.61. The molecule has 9 heteroatoms. The number of carbonyl (C=O) groups is 1. The minimum Gasteiger partial charge on any atom is -0.351 e. The average Bonchev–Trinajstić information content (AvgIpc) is 2.59. The molecule has 0 bridgehead atoms. The van der Waals surface area contributed by atoms with Crippen molar-refractivity contribution < 1.29 is 26.4 Å². The van der Waals surface area contributed by atoms with E-state index in [0.29, 0.717) is 6.07 Å². The van der Waals surface area contributed by atoms with Gasteiger partial charge in [-0.15, -0.1) is 0 Å². The van der Waals surface area contributed by atoms with Gasteiger partial charge in [0.15, 0.2) is 0 Å². The molecule has 2 aromatic carbocycles. The molecule has 0 unspecified atom stereocenters. The summed E-state index contributed by atoms with van der Waals surface area (Å²) in [5.41, 5.74) is 0.767. The van der Waals surface area contributed by atoms with Crippen LogP contribution in [0.5, 0.6) is 0 Å². The fraction of sp³-hybridized carbons (Fsp3) is 0.235. The van der Waals surface area contributed by atoms with Crippen LogP contribution in [0.2, 0.25) is 0 Å². The number of aryl methyl sites for hydroxylation is 1. The zero-order valence-electron chi connectivity index (χ0n) is 13.8. The van der Waals surface area contributed by atoms with Gasteiger partial charge in [-0.2, -0.15) is 13.2 Å². The van der Waals surface area contributed by atoms with Crippen molar-refractivity contribution in [2.75, 3.05) is 6.54 Å². The van der Waals surface area contributed by atoms with Crippen molar-refractivity contribution >= 4 is 15.9 Å². The Hall–Kier alpha value is -2.39. The highest BCUT2D eigenvalue weighted by Crippen LogP contribution is 2.30. The number of amides is 1. The number of sulfonamides is 1. The molecule has 0 aliphatic heterocycles. The molecule has 0 saturated carbocycles. The van der Waals surface area contributed by atoms with E-state index in [1.165, 1.54) is 0 Å². The predicted molar refractivity (Wildman–Crippen MR) is 89.7 cm³/mol. The Bertz CT molecular complexity index is 896. The summed E-state index contributed by atoms with van der Waals surface area (Å²) in [6.07, 6.45) is -4.66. The maximum Gasteiger partial charge on any atom is 0.416 e. The maximum absolute atomic E-state index is 12.7. The van der Waals surface area contributed by atoms with Gasteiger partial charge < -0.3 is 5.32 Å². The second-order valence-corrected chi connectivity index (χ2v) is 7.32. The maximum atomic E-state index is 12.7. The van der Waals surface area contributed by atoms with Crippen molar-refractivity contribution in [3.63, 3.8) is 0 Å². The highest BCUT2D eigenvalue weighted by Gasteiger charge is 2.31. The van der Waals surface area contributed by atoms with Crippen molar-refractivity contribution in [2.45, 2.75) is 24.5 Å². The molecular weight excluding hydrogens is 369 g/mol. The standard InChI is InChI=1S/C17H17F3N2O3S/c1-12-5-2-3-6-13(12)10-21-16(23)11-22-26(24,25)15-8-4-7-14(9-15)17(18,19)20/h2-9,22H,10-11H2,1H3,(H,21,23). The summed E-state index contributed by atoms with van der Waals surface area (Å²) in [5, 5.41) is 2.55. The molecule has 0 atom stereocenters. The van der Waals surface area contributed by atoms with E-state index in [1.807, 2.05) is 35.9 Å². The van der Waals surface area contributed by atoms with Gasteiger partial charge in [0.25, 0.3) is 0 Å². The summed E-state index contributed by atoms with van der Waals surface area (Å²) < 4.78 is 64.2. The highest BCUT2D eigenvalue weighted by molar-refractivity contribution is 7.89. The van der Waals surface area contributed by atoms with Gasteiger partial charge in [-0.3, -0.25) is 4.79 Å². The number of benzene rings is 2. The Morgan fingerprint density at radius 3 is 2.42 bits per heavy atom. The topological polar surface area (TPSA) is 75.3 Å². The number of alkyl halides is 3. The van der Waals surface area contributed by atoms with E-state index in [0.717, 1.165) is 29.3 Å². The first-order valence-corrected chi connectivity index (χ1v) is 9.06. The van der Waals surface area contributed by atoms with Crippen molar-refractivity contribution in [1.29, 1.82) is 0 Å². The Labute approximate surface area is 149 Å². The largest absolute Gasteiger partial charge is 0.416 e. The van der Waals surface area contributed by atoms with Crippen LogP contribution in [0.4, 0.5) is 13.2 Å². The fourth-order valence-corrected chi connectivity index (χ4v) is 3.18. The smallest absolute Gasteiger partial charge is 0.351 e. The molecule has 0 aromatic heterocycles. The molecule has 0 radical (unpaired) electrons. The summed E-state index contributed by atoms with van der Waals surface area (Å²) in [6.45, 7) is 1.51. The molecule has 2 aromatic rings. The zero-order valence-corrected chi connectivity index (χ0v) is 14.6. The minimum absolute atomic E-state index is 0.219. The van der Waals surface area contributed by atoms with Gasteiger partial charge in [-0.25, -0.2) is 13.1 Å². The molecule has 0 spiro atoms. The van der Waals surface area contributed by atoms with Crippen molar-refractivity contribution in [1.82, 2.24) is 10.0 Å². The van der Waals surface area contributed by atoms with Gasteiger partial charge >= 0.3 is 6.18 Å². The third-order valence-corrected chi connectivity index (χ3v) is 5.03. The van der Waals surface area contributed by atoms with E-state index in [2.05, 4.69) is 5.32 Å². The minimum atomic E-state index is -4.66. The molecule has 5 nitrogen and oxygen atoms in total. The quantitative estimate of drug-likeness (QED) is 0.801. The Kier molecular flexibility index (Phi) is 6.04. The lowest BCUT2D eigenvalue weighted by atomic mass is 10.1. The Morgan fingerprint density at radius 2 is 1.77 bits per heavy atom. The molecule has 0 aliphatic rings. The van der Waals surface area contributed by atoms with Crippen molar-refractivity contribution in [3.05, 3.63) is 65.2 Å². The van der Waals surface area contributed by atoms with Crippen LogP contribution in [0.3, 0.4) is 0 Å². The number of hydrogen-bond donors (Lipinski definition) is 2. The van der Waals surface area contributed by atoms with Crippen LogP contribution in [0.1, 0.15) is 16.7 Å². The van der Waals surface area contributed by atoms with Gasteiger partial charge in [0.2, 0.25) is 15.9 Å². The number of nitrogens with one attached hydrogen (secondary N) is 2. The van der Waals surface area contributed by atoms with Gasteiger partial charge in [0.1, 0.15) is 0 Å². The Balaban J connectivity index is 1.97. The van der Waals surface area contributed by atoms with E-state index in [-0.39, 0.29) is 6.54 Å². The average molecular weight is 386 g/mol. The first kappa shape index (κ1) is 19.9. The lowest BCUT2D eigenvalue weighted by Crippen LogP contribution is -2.36. The normalized spacial score (nSPS) is 12.0. The summed E-state index contributed by atoms with van der Waals surface area (Å²) in [6, 6.07) is 10.7. The van der Waals surface area contributed by atoms with E-state index in [9.17, 15) is 26.4 Å². The molecule has 0 aliphatic carbocycles. The third kappa shape index (κ3) is 5.30. The van der Waals surface area contributed by atoms with Crippen molar-refractivity contribution in [3.8, 4) is 0 Å². The monoisotopic (exact) mass is 386 g/mol. The number of halogens is 3. The lowest BCUT2D eigenvalue weighted by Gasteiger charge is -2.11. The van der Waals surface area contributed by atoms with Crippen LogP contribution in [0, 0.1) is 6.92 Å². The van der Waals surface area contributed by atoms with E-state index in [4.69, 9.17) is 0 Å². The number of hydrogen-bond acceptors (Lipinski definition) is 3. The van der Waals surface area contributed by atoms with Gasteiger partial charge in [0.05, 0.1) is 17.0 Å². The summed E-state index contributed by atoms with van der Waals surface area (Å²) in [7, 11) is -4.24. The fourth-order valence-electron chi connectivity index (χ4n) is 2.15. The van der Waals surface area contributed by atoms with Crippen LogP contribution in [0.15, 0.2) is 53.4 Å². The second kappa shape index (κ2) is 7.88. The van der Waals surface area contributed by atoms with Crippen LogP contribution >= 0.6 is 0 Å². The summed E-state index contributed by atoms with van der Waals surface area (Å²) in [4.78, 5) is 11.3. The number of rotatable bonds is 6. The molecule has 0 fully saturated rings. The molecule has 1 amide bonds. The third-order valence-electron chi connectivity index (χ3n) is 3.63. The van der Waals surface area contributed by atoms with Crippen LogP contribution in [-0.2, 0) is 27.5 Å². The molecule has 26 heavy (non-hydrogen) atoms. The van der Waals surface area contributed by atoms with Crippen LogP contribution in [-0.4, -0.2) is 20.9 Å². The van der Waals surface area contributed by atoms with E-state index < -0.39 is 39.1 Å². The molecular formula is C17H17F3N2O3S. The lowest BCUT2D eigenvalue weighted by molar-refractivity contribution is -0.137. The zero-order chi connectivity index (χ0) is 19.4. The van der Waals surface area contributed by atoms with Gasteiger partial charge in [0, 0.05) is 6.54 Å². The van der Waals surface area contributed by atoms with Crippen LogP contribution in [0.25, 0.3) is 0 Å². The van der Waals surface area contributed by atoms with Gasteiger partial charge in [-0.1, -0.05) is 30.3 Å².